The van der Waals surface area contributed by atoms with Crippen LogP contribution in [-0.2, 0) is 18.3 Å². The molecular weight excluding hydrogens is 342 g/mol. The summed E-state index contributed by atoms with van der Waals surface area (Å²) >= 11 is 0. The second-order valence-electron chi connectivity index (χ2n) is 7.48. The van der Waals surface area contributed by atoms with Crippen LogP contribution in [-0.4, -0.2) is 95.2 Å². The summed E-state index contributed by atoms with van der Waals surface area (Å²) in [5, 5.41) is 7.66. The van der Waals surface area contributed by atoms with E-state index in [-0.39, 0.29) is 6.04 Å². The average molecular weight is 376 g/mol. The fraction of sp³-hybridized carbons (Fsp3) is 0.737. The molecule has 8 heteroatoms. The number of hydrogen-bond donors (Lipinski definition) is 1. The highest BCUT2D eigenvalue weighted by Crippen LogP contribution is 2.14. The van der Waals surface area contributed by atoms with Crippen molar-refractivity contribution in [2.24, 2.45) is 12.0 Å². The quantitative estimate of drug-likeness (QED) is 0.587. The van der Waals surface area contributed by atoms with Crippen LogP contribution in [0.2, 0.25) is 0 Å². The number of likely N-dealkylation sites (tertiary alicyclic amines) is 1. The maximum Gasteiger partial charge on any atom is 0.239 e. The van der Waals surface area contributed by atoms with Gasteiger partial charge in [0.1, 0.15) is 0 Å². The van der Waals surface area contributed by atoms with Crippen LogP contribution in [0.3, 0.4) is 0 Å². The minimum absolute atomic E-state index is 0.0224. The topological polar surface area (TPSA) is 69.0 Å². The highest BCUT2D eigenvalue weighted by molar-refractivity contribution is 5.82. The summed E-state index contributed by atoms with van der Waals surface area (Å²) in [6.07, 6.45) is 7.17. The molecule has 1 atom stereocenters. The summed E-state index contributed by atoms with van der Waals surface area (Å²) in [5.74, 6) is 1.23. The fourth-order valence-electron chi connectivity index (χ4n) is 3.93. The summed E-state index contributed by atoms with van der Waals surface area (Å²) < 4.78 is 1.83. The molecule has 2 fully saturated rings. The number of guanidine groups is 1. The van der Waals surface area contributed by atoms with E-state index in [0.717, 1.165) is 71.0 Å². The molecule has 0 aliphatic carbocycles. The standard InChI is InChI=1S/C19H33N7O/c1-16(18(27)25-8-4-5-9-25)24-10-12-26(13-11-24)19(20-2)21-7-6-17-14-22-23(3)15-17/h14-16H,4-13H2,1-3H3,(H,20,21). The Morgan fingerprint density at radius 2 is 1.89 bits per heavy atom. The maximum atomic E-state index is 12.6. The van der Waals surface area contributed by atoms with Gasteiger partial charge in [0.15, 0.2) is 5.96 Å². The molecule has 8 nitrogen and oxygen atoms in total. The molecule has 2 saturated heterocycles. The summed E-state index contributed by atoms with van der Waals surface area (Å²) in [7, 11) is 3.77. The second-order valence-corrected chi connectivity index (χ2v) is 7.48. The highest BCUT2D eigenvalue weighted by Gasteiger charge is 2.30. The number of rotatable bonds is 5. The highest BCUT2D eigenvalue weighted by atomic mass is 16.2. The summed E-state index contributed by atoms with van der Waals surface area (Å²) in [6.45, 7) is 8.31. The second kappa shape index (κ2) is 9.21. The third-order valence-electron chi connectivity index (χ3n) is 5.60. The number of nitrogens with zero attached hydrogens (tertiary/aromatic N) is 6. The summed E-state index contributed by atoms with van der Waals surface area (Å²) in [5.41, 5.74) is 1.22. The average Bonchev–Trinajstić information content (AvgIpc) is 3.36. The number of aryl methyl sites for hydroxylation is 1. The molecule has 1 unspecified atom stereocenters. The Kier molecular flexibility index (Phi) is 6.71. The van der Waals surface area contributed by atoms with Crippen molar-refractivity contribution in [3.63, 3.8) is 0 Å². The zero-order valence-corrected chi connectivity index (χ0v) is 16.9. The molecule has 0 saturated carbocycles. The first-order valence-electron chi connectivity index (χ1n) is 10.0. The summed E-state index contributed by atoms with van der Waals surface area (Å²) in [6, 6.07) is -0.0224. The number of aromatic nitrogens is 2. The van der Waals surface area contributed by atoms with Gasteiger partial charge in [-0.15, -0.1) is 0 Å². The van der Waals surface area contributed by atoms with Crippen LogP contribution in [0.15, 0.2) is 17.4 Å². The van der Waals surface area contributed by atoms with Gasteiger partial charge in [0.05, 0.1) is 12.2 Å². The van der Waals surface area contributed by atoms with Crippen LogP contribution in [0.1, 0.15) is 25.3 Å². The Balaban J connectivity index is 1.43. The van der Waals surface area contributed by atoms with Gasteiger partial charge in [0.2, 0.25) is 5.91 Å². The van der Waals surface area contributed by atoms with E-state index in [0.29, 0.717) is 5.91 Å². The lowest BCUT2D eigenvalue weighted by atomic mass is 10.2. The summed E-state index contributed by atoms with van der Waals surface area (Å²) in [4.78, 5) is 23.7. The van der Waals surface area contributed by atoms with Crippen molar-refractivity contribution in [1.29, 1.82) is 0 Å². The first kappa shape index (κ1) is 19.7. The lowest BCUT2D eigenvalue weighted by Gasteiger charge is -2.39. The lowest BCUT2D eigenvalue weighted by Crippen LogP contribution is -2.57. The van der Waals surface area contributed by atoms with Crippen molar-refractivity contribution in [3.05, 3.63) is 18.0 Å². The number of aliphatic imine (C=N–C) groups is 1. The van der Waals surface area contributed by atoms with Crippen LogP contribution in [0.4, 0.5) is 0 Å². The van der Waals surface area contributed by atoms with Gasteiger partial charge in [-0.05, 0) is 31.7 Å². The van der Waals surface area contributed by atoms with Gasteiger partial charge >= 0.3 is 0 Å². The van der Waals surface area contributed by atoms with Crippen molar-refractivity contribution < 1.29 is 4.79 Å². The van der Waals surface area contributed by atoms with Crippen LogP contribution in [0.25, 0.3) is 0 Å². The van der Waals surface area contributed by atoms with E-state index in [1.165, 1.54) is 5.56 Å². The van der Waals surface area contributed by atoms with E-state index in [2.05, 4.69) is 32.1 Å². The Labute approximate surface area is 162 Å². The third-order valence-corrected chi connectivity index (χ3v) is 5.60. The largest absolute Gasteiger partial charge is 0.356 e. The van der Waals surface area contributed by atoms with E-state index in [9.17, 15) is 4.79 Å². The van der Waals surface area contributed by atoms with Gasteiger partial charge in [-0.3, -0.25) is 19.4 Å². The first-order valence-corrected chi connectivity index (χ1v) is 10.0. The molecule has 1 N–H and O–H groups in total. The third kappa shape index (κ3) is 5.00. The Bertz CT molecular complexity index is 642. The van der Waals surface area contributed by atoms with Crippen LogP contribution < -0.4 is 5.32 Å². The molecule has 2 aliphatic heterocycles. The number of carbonyl (C=O) groups is 1. The van der Waals surface area contributed by atoms with Crippen LogP contribution >= 0.6 is 0 Å². The van der Waals surface area contributed by atoms with Crippen molar-refractivity contribution >= 4 is 11.9 Å². The Morgan fingerprint density at radius 1 is 1.19 bits per heavy atom. The lowest BCUT2D eigenvalue weighted by molar-refractivity contribution is -0.135. The van der Waals surface area contributed by atoms with Gasteiger partial charge < -0.3 is 15.1 Å². The number of hydrogen-bond acceptors (Lipinski definition) is 4. The van der Waals surface area contributed by atoms with E-state index < -0.39 is 0 Å². The minimum Gasteiger partial charge on any atom is -0.356 e. The van der Waals surface area contributed by atoms with Crippen LogP contribution in [0, 0.1) is 0 Å². The number of amides is 1. The molecule has 1 amide bonds. The van der Waals surface area contributed by atoms with Crippen LogP contribution in [0.5, 0.6) is 0 Å². The molecule has 27 heavy (non-hydrogen) atoms. The molecule has 0 bridgehead atoms. The van der Waals surface area contributed by atoms with E-state index in [4.69, 9.17) is 0 Å². The van der Waals surface area contributed by atoms with Crippen molar-refractivity contribution in [3.8, 4) is 0 Å². The molecule has 150 valence electrons. The van der Waals surface area contributed by atoms with Crippen molar-refractivity contribution in [2.45, 2.75) is 32.2 Å². The molecule has 0 radical (unpaired) electrons. The zero-order chi connectivity index (χ0) is 19.2. The molecule has 0 spiro atoms. The van der Waals surface area contributed by atoms with Gasteiger partial charge in [-0.1, -0.05) is 0 Å². The predicted octanol–water partition coefficient (Wildman–Crippen LogP) is 0.167. The fourth-order valence-corrected chi connectivity index (χ4v) is 3.93. The molecular formula is C19H33N7O. The Hall–Kier alpha value is -2.09. The van der Waals surface area contributed by atoms with E-state index in [1.807, 2.05) is 36.1 Å². The van der Waals surface area contributed by atoms with Gasteiger partial charge in [0.25, 0.3) is 0 Å². The van der Waals surface area contributed by atoms with E-state index in [1.54, 1.807) is 0 Å². The molecule has 1 aromatic heterocycles. The molecule has 3 heterocycles. The van der Waals surface area contributed by atoms with Crippen molar-refractivity contribution in [1.82, 2.24) is 29.8 Å². The number of piperazine rings is 1. The zero-order valence-electron chi connectivity index (χ0n) is 16.9. The smallest absolute Gasteiger partial charge is 0.239 e. The molecule has 1 aromatic rings. The van der Waals surface area contributed by atoms with Gasteiger partial charge in [-0.2, -0.15) is 5.10 Å². The van der Waals surface area contributed by atoms with E-state index >= 15 is 0 Å². The van der Waals surface area contributed by atoms with Gasteiger partial charge in [0, 0.05) is 66.1 Å². The first-order chi connectivity index (χ1) is 13.1. The SMILES string of the molecule is CN=C(NCCc1cnn(C)c1)N1CCN(C(C)C(=O)N2CCCC2)CC1. The minimum atomic E-state index is -0.0224. The molecule has 3 rings (SSSR count). The van der Waals surface area contributed by atoms with Gasteiger partial charge in [-0.25, -0.2) is 0 Å². The number of carbonyl (C=O) groups excluding carboxylic acids is 1. The Morgan fingerprint density at radius 3 is 2.48 bits per heavy atom. The molecule has 0 aromatic carbocycles. The molecule has 2 aliphatic rings. The normalized spacial score (nSPS) is 20.2. The maximum absolute atomic E-state index is 12.6. The predicted molar refractivity (Wildman–Crippen MR) is 107 cm³/mol. The monoisotopic (exact) mass is 375 g/mol. The van der Waals surface area contributed by atoms with Crippen molar-refractivity contribution in [2.75, 3.05) is 52.9 Å². The number of nitrogens with one attached hydrogen (secondary N) is 1.